The number of ether oxygens (including phenoxy) is 1. The third-order valence-corrected chi connectivity index (χ3v) is 3.26. The number of esters is 1. The molecule has 1 rings (SSSR count). The molecule has 1 heterocycles. The van der Waals surface area contributed by atoms with Crippen molar-refractivity contribution in [3.63, 3.8) is 0 Å². The van der Waals surface area contributed by atoms with E-state index in [1.165, 1.54) is 9.75 Å². The van der Waals surface area contributed by atoms with E-state index in [2.05, 4.69) is 26.0 Å². The summed E-state index contributed by atoms with van der Waals surface area (Å²) in [6, 6.07) is 4.17. The summed E-state index contributed by atoms with van der Waals surface area (Å²) in [5.41, 5.74) is 0. The summed E-state index contributed by atoms with van der Waals surface area (Å²) in [4.78, 5) is 13.8. The van der Waals surface area contributed by atoms with E-state index in [-0.39, 0.29) is 11.9 Å². The summed E-state index contributed by atoms with van der Waals surface area (Å²) in [6.45, 7) is 6.43. The van der Waals surface area contributed by atoms with Crippen LogP contribution in [0.4, 0.5) is 0 Å². The third kappa shape index (κ3) is 3.14. The zero-order valence-corrected chi connectivity index (χ0v) is 9.69. The van der Waals surface area contributed by atoms with Gasteiger partial charge in [-0.25, -0.2) is 0 Å². The number of thiophene rings is 1. The molecular weight excluding hydrogens is 196 g/mol. The van der Waals surface area contributed by atoms with Gasteiger partial charge in [-0.2, -0.15) is 0 Å². The summed E-state index contributed by atoms with van der Waals surface area (Å²) in [7, 11) is 0. The Labute approximate surface area is 88.9 Å². The topological polar surface area (TPSA) is 26.3 Å². The average molecular weight is 212 g/mol. The lowest BCUT2D eigenvalue weighted by Gasteiger charge is -2.07. The lowest BCUT2D eigenvalue weighted by molar-refractivity contribution is -0.143. The molecule has 0 aliphatic rings. The van der Waals surface area contributed by atoms with Crippen LogP contribution in [-0.4, -0.2) is 12.6 Å². The summed E-state index contributed by atoms with van der Waals surface area (Å²) >= 11 is 1.75. The van der Waals surface area contributed by atoms with Gasteiger partial charge in [-0.3, -0.25) is 4.79 Å². The van der Waals surface area contributed by atoms with Gasteiger partial charge in [-0.15, -0.1) is 11.3 Å². The van der Waals surface area contributed by atoms with E-state index < -0.39 is 0 Å². The Bertz CT molecular complexity index is 304. The molecule has 0 spiro atoms. The molecular formula is C11H16O2S. The second-order valence-electron chi connectivity index (χ2n) is 3.36. The van der Waals surface area contributed by atoms with E-state index in [9.17, 15) is 4.79 Å². The van der Waals surface area contributed by atoms with Crippen LogP contribution in [0.2, 0.25) is 0 Å². The van der Waals surface area contributed by atoms with Crippen molar-refractivity contribution in [2.24, 2.45) is 0 Å². The molecule has 0 amide bonds. The van der Waals surface area contributed by atoms with Crippen LogP contribution < -0.4 is 0 Å². The molecule has 1 atom stereocenters. The highest BCUT2D eigenvalue weighted by atomic mass is 32.1. The van der Waals surface area contributed by atoms with Crippen LogP contribution in [0.15, 0.2) is 12.1 Å². The first-order valence-electron chi connectivity index (χ1n) is 4.85. The molecule has 14 heavy (non-hydrogen) atoms. The van der Waals surface area contributed by atoms with Gasteiger partial charge < -0.3 is 4.74 Å². The van der Waals surface area contributed by atoms with Crippen LogP contribution in [0.1, 0.15) is 35.9 Å². The average Bonchev–Trinajstić information content (AvgIpc) is 2.52. The molecule has 0 aromatic carbocycles. The third-order valence-electron chi connectivity index (χ3n) is 2.03. The maximum absolute atomic E-state index is 11.2. The largest absolute Gasteiger partial charge is 0.466 e. The number of carbonyl (C=O) groups is 1. The Kier molecular flexibility index (Phi) is 4.14. The van der Waals surface area contributed by atoms with Crippen LogP contribution in [0.3, 0.4) is 0 Å². The molecule has 1 aromatic heterocycles. The number of hydrogen-bond acceptors (Lipinski definition) is 3. The maximum atomic E-state index is 11.2. The highest BCUT2D eigenvalue weighted by Crippen LogP contribution is 2.26. The van der Waals surface area contributed by atoms with Crippen molar-refractivity contribution in [3.05, 3.63) is 21.9 Å². The van der Waals surface area contributed by atoms with Crippen molar-refractivity contribution < 1.29 is 9.53 Å². The molecule has 0 aliphatic heterocycles. The minimum Gasteiger partial charge on any atom is -0.466 e. The van der Waals surface area contributed by atoms with E-state index in [1.54, 1.807) is 11.3 Å². The van der Waals surface area contributed by atoms with E-state index in [0.717, 1.165) is 0 Å². The van der Waals surface area contributed by atoms with Gasteiger partial charge in [0.05, 0.1) is 13.0 Å². The minimum atomic E-state index is -0.106. The molecule has 0 saturated carbocycles. The molecule has 78 valence electrons. The van der Waals surface area contributed by atoms with E-state index in [0.29, 0.717) is 13.0 Å². The van der Waals surface area contributed by atoms with E-state index in [1.807, 2.05) is 6.92 Å². The van der Waals surface area contributed by atoms with Gasteiger partial charge in [0.1, 0.15) is 0 Å². The zero-order valence-electron chi connectivity index (χ0n) is 8.87. The molecule has 0 saturated heterocycles. The number of rotatable bonds is 4. The lowest BCUT2D eigenvalue weighted by atomic mass is 10.1. The van der Waals surface area contributed by atoms with Crippen LogP contribution >= 0.6 is 11.3 Å². The summed E-state index contributed by atoms with van der Waals surface area (Å²) in [5, 5.41) is 0. The van der Waals surface area contributed by atoms with Crippen molar-refractivity contribution >= 4 is 17.3 Å². The first-order valence-corrected chi connectivity index (χ1v) is 5.67. The van der Waals surface area contributed by atoms with E-state index in [4.69, 9.17) is 4.74 Å². The monoisotopic (exact) mass is 212 g/mol. The van der Waals surface area contributed by atoms with Crippen LogP contribution in [0.25, 0.3) is 0 Å². The van der Waals surface area contributed by atoms with Gasteiger partial charge >= 0.3 is 5.97 Å². The Morgan fingerprint density at radius 1 is 1.57 bits per heavy atom. The SMILES string of the molecule is CCOC(=O)CC(C)c1ccc(C)s1. The van der Waals surface area contributed by atoms with Crippen molar-refractivity contribution in [2.45, 2.75) is 33.1 Å². The summed E-state index contributed by atoms with van der Waals surface area (Å²) in [5.74, 6) is 0.166. The zero-order chi connectivity index (χ0) is 10.6. The molecule has 0 N–H and O–H groups in total. The second kappa shape index (κ2) is 5.15. The van der Waals surface area contributed by atoms with Crippen LogP contribution in [0.5, 0.6) is 0 Å². The van der Waals surface area contributed by atoms with E-state index >= 15 is 0 Å². The maximum Gasteiger partial charge on any atom is 0.306 e. The van der Waals surface area contributed by atoms with Gasteiger partial charge in [0, 0.05) is 15.7 Å². The molecule has 1 aromatic rings. The van der Waals surface area contributed by atoms with Gasteiger partial charge in [0.2, 0.25) is 0 Å². The molecule has 1 unspecified atom stereocenters. The van der Waals surface area contributed by atoms with Crippen molar-refractivity contribution in [1.29, 1.82) is 0 Å². The molecule has 0 bridgehead atoms. The molecule has 0 radical (unpaired) electrons. The van der Waals surface area contributed by atoms with Crippen molar-refractivity contribution in [1.82, 2.24) is 0 Å². The number of aryl methyl sites for hydroxylation is 1. The molecule has 2 nitrogen and oxygen atoms in total. The Morgan fingerprint density at radius 3 is 2.79 bits per heavy atom. The van der Waals surface area contributed by atoms with Gasteiger partial charge in [0.25, 0.3) is 0 Å². The quantitative estimate of drug-likeness (QED) is 0.717. The van der Waals surface area contributed by atoms with Gasteiger partial charge in [0.15, 0.2) is 0 Å². The minimum absolute atomic E-state index is 0.106. The Morgan fingerprint density at radius 2 is 2.29 bits per heavy atom. The fourth-order valence-corrected chi connectivity index (χ4v) is 2.22. The van der Waals surface area contributed by atoms with Gasteiger partial charge in [-0.1, -0.05) is 6.92 Å². The highest BCUT2D eigenvalue weighted by molar-refractivity contribution is 7.12. The fourth-order valence-electron chi connectivity index (χ4n) is 1.29. The van der Waals surface area contributed by atoms with Crippen LogP contribution in [-0.2, 0) is 9.53 Å². The second-order valence-corrected chi connectivity index (χ2v) is 4.68. The van der Waals surface area contributed by atoms with Crippen molar-refractivity contribution in [2.75, 3.05) is 6.61 Å². The summed E-state index contributed by atoms with van der Waals surface area (Å²) in [6.07, 6.45) is 0.480. The number of hydrogen-bond donors (Lipinski definition) is 0. The van der Waals surface area contributed by atoms with Gasteiger partial charge in [-0.05, 0) is 26.0 Å². The highest BCUT2D eigenvalue weighted by Gasteiger charge is 2.13. The van der Waals surface area contributed by atoms with Crippen molar-refractivity contribution in [3.8, 4) is 0 Å². The lowest BCUT2D eigenvalue weighted by Crippen LogP contribution is -2.07. The smallest absolute Gasteiger partial charge is 0.306 e. The number of carbonyl (C=O) groups excluding carboxylic acids is 1. The predicted molar refractivity (Wildman–Crippen MR) is 58.7 cm³/mol. The first kappa shape index (κ1) is 11.2. The molecule has 0 aliphatic carbocycles. The fraction of sp³-hybridized carbons (Fsp3) is 0.545. The van der Waals surface area contributed by atoms with Crippen LogP contribution in [0, 0.1) is 6.92 Å². The standard InChI is InChI=1S/C11H16O2S/c1-4-13-11(12)7-8(2)10-6-5-9(3)14-10/h5-6,8H,4,7H2,1-3H3. The first-order chi connectivity index (χ1) is 6.63. The predicted octanol–water partition coefficient (Wildman–Crippen LogP) is 3.11. The Balaban J connectivity index is 2.50. The molecule has 3 heteroatoms. The molecule has 0 fully saturated rings. The summed E-state index contributed by atoms with van der Waals surface area (Å²) < 4.78 is 4.91. The normalized spacial score (nSPS) is 12.5. The Hall–Kier alpha value is -0.830.